The zero-order valence-corrected chi connectivity index (χ0v) is 14.6. The predicted octanol–water partition coefficient (Wildman–Crippen LogP) is 3.75. The number of aromatic nitrogens is 4. The first kappa shape index (κ1) is 16.3. The van der Waals surface area contributed by atoms with Crippen molar-refractivity contribution in [2.75, 3.05) is 5.32 Å². The molecule has 0 aliphatic heterocycles. The molecule has 0 atom stereocenters. The Balaban J connectivity index is 1.85. The van der Waals surface area contributed by atoms with Gasteiger partial charge < -0.3 is 4.52 Å². The molecule has 4 rings (SSSR count). The Morgan fingerprint density at radius 3 is 2.77 bits per heavy atom. The number of hydrogen-bond acceptors (Lipinski definition) is 7. The summed E-state index contributed by atoms with van der Waals surface area (Å²) in [5, 5.41) is 15.9. The van der Waals surface area contributed by atoms with E-state index in [-0.39, 0.29) is 22.5 Å². The molecule has 1 aromatic carbocycles. The van der Waals surface area contributed by atoms with Gasteiger partial charge in [0.05, 0.1) is 22.3 Å². The topological polar surface area (TPSA) is 93.8 Å². The molecule has 0 unspecified atom stereocenters. The van der Waals surface area contributed by atoms with E-state index in [0.29, 0.717) is 16.2 Å². The summed E-state index contributed by atoms with van der Waals surface area (Å²) in [6.45, 7) is 3.50. The molecule has 0 saturated carbocycles. The van der Waals surface area contributed by atoms with Gasteiger partial charge in [-0.25, -0.2) is 9.37 Å². The number of anilines is 1. The van der Waals surface area contributed by atoms with E-state index < -0.39 is 11.7 Å². The van der Waals surface area contributed by atoms with Crippen LogP contribution >= 0.6 is 11.3 Å². The van der Waals surface area contributed by atoms with Gasteiger partial charge in [0.2, 0.25) is 5.13 Å². The lowest BCUT2D eigenvalue weighted by atomic mass is 10.0. The second-order valence-corrected chi connectivity index (χ2v) is 6.75. The average Bonchev–Trinajstić information content (AvgIpc) is 3.20. The minimum atomic E-state index is -0.443. The van der Waals surface area contributed by atoms with Gasteiger partial charge in [-0.1, -0.05) is 28.6 Å². The molecule has 3 heterocycles. The highest BCUT2D eigenvalue weighted by molar-refractivity contribution is 7.15. The van der Waals surface area contributed by atoms with E-state index in [1.54, 1.807) is 32.0 Å². The summed E-state index contributed by atoms with van der Waals surface area (Å²) in [6.07, 6.45) is 0. The molecule has 0 aliphatic rings. The Bertz CT molecular complexity index is 1140. The Kier molecular flexibility index (Phi) is 3.92. The summed E-state index contributed by atoms with van der Waals surface area (Å²) in [7, 11) is 0. The minimum Gasteiger partial charge on any atom is -0.335 e. The number of aryl methyl sites for hydroxylation is 2. The third kappa shape index (κ3) is 2.82. The molecular weight excluding hydrogens is 357 g/mol. The van der Waals surface area contributed by atoms with Crippen molar-refractivity contribution in [2.24, 2.45) is 0 Å². The molecule has 26 heavy (non-hydrogen) atoms. The molecular formula is C17H12FN5O2S. The fraction of sp³-hybridized carbons (Fsp3) is 0.118. The quantitative estimate of drug-likeness (QED) is 0.591. The molecule has 0 aliphatic carbocycles. The van der Waals surface area contributed by atoms with Crippen molar-refractivity contribution in [1.29, 1.82) is 0 Å². The van der Waals surface area contributed by atoms with Gasteiger partial charge in [-0.3, -0.25) is 10.1 Å². The summed E-state index contributed by atoms with van der Waals surface area (Å²) in [5.74, 6) is -0.862. The van der Waals surface area contributed by atoms with Crippen LogP contribution in [-0.4, -0.2) is 26.2 Å². The molecule has 0 spiro atoms. The fourth-order valence-electron chi connectivity index (χ4n) is 2.59. The van der Waals surface area contributed by atoms with Crippen LogP contribution in [0.1, 0.15) is 21.1 Å². The van der Waals surface area contributed by atoms with E-state index in [1.165, 1.54) is 23.5 Å². The molecule has 0 fully saturated rings. The van der Waals surface area contributed by atoms with Crippen LogP contribution in [0.15, 0.2) is 34.9 Å². The molecule has 7 nitrogen and oxygen atoms in total. The first-order valence-electron chi connectivity index (χ1n) is 7.66. The van der Waals surface area contributed by atoms with Crippen molar-refractivity contribution in [3.05, 3.63) is 52.4 Å². The molecule has 0 bridgehead atoms. The van der Waals surface area contributed by atoms with Gasteiger partial charge in [0, 0.05) is 5.56 Å². The van der Waals surface area contributed by atoms with E-state index in [9.17, 15) is 9.18 Å². The van der Waals surface area contributed by atoms with E-state index >= 15 is 0 Å². The maximum atomic E-state index is 14.2. The van der Waals surface area contributed by atoms with Crippen molar-refractivity contribution in [2.45, 2.75) is 13.8 Å². The van der Waals surface area contributed by atoms with Crippen molar-refractivity contribution in [3.63, 3.8) is 0 Å². The van der Waals surface area contributed by atoms with Gasteiger partial charge in [-0.2, -0.15) is 0 Å². The first-order chi connectivity index (χ1) is 12.5. The zero-order valence-electron chi connectivity index (χ0n) is 13.8. The lowest BCUT2D eigenvalue weighted by Crippen LogP contribution is -2.13. The highest BCUT2D eigenvalue weighted by Crippen LogP contribution is 2.29. The average molecular weight is 369 g/mol. The molecule has 9 heteroatoms. The van der Waals surface area contributed by atoms with Crippen molar-refractivity contribution < 1.29 is 13.7 Å². The highest BCUT2D eigenvalue weighted by atomic mass is 32.1. The minimum absolute atomic E-state index is 0.168. The van der Waals surface area contributed by atoms with Crippen LogP contribution in [0.4, 0.5) is 9.52 Å². The maximum Gasteiger partial charge on any atom is 0.259 e. The Morgan fingerprint density at radius 2 is 2.04 bits per heavy atom. The monoisotopic (exact) mass is 369 g/mol. The number of carbonyl (C=O) groups is 1. The number of halogens is 1. The Morgan fingerprint density at radius 1 is 1.23 bits per heavy atom. The predicted molar refractivity (Wildman–Crippen MR) is 94.5 cm³/mol. The summed E-state index contributed by atoms with van der Waals surface area (Å²) in [6, 6.07) is 7.72. The smallest absolute Gasteiger partial charge is 0.259 e. The van der Waals surface area contributed by atoms with Gasteiger partial charge in [-0.05, 0) is 32.0 Å². The Hall–Kier alpha value is -3.20. The molecule has 1 amide bonds. The van der Waals surface area contributed by atoms with Gasteiger partial charge >= 0.3 is 0 Å². The molecule has 4 aromatic rings. The number of fused-ring (bicyclic) bond motifs is 1. The van der Waals surface area contributed by atoms with Crippen molar-refractivity contribution in [1.82, 2.24) is 20.3 Å². The van der Waals surface area contributed by atoms with Gasteiger partial charge in [0.1, 0.15) is 10.8 Å². The van der Waals surface area contributed by atoms with Crippen molar-refractivity contribution in [3.8, 4) is 11.3 Å². The van der Waals surface area contributed by atoms with Crippen LogP contribution in [-0.2, 0) is 0 Å². The van der Waals surface area contributed by atoms with Gasteiger partial charge in [-0.15, -0.1) is 10.2 Å². The fourth-order valence-corrected chi connectivity index (χ4v) is 3.18. The van der Waals surface area contributed by atoms with E-state index in [1.807, 2.05) is 0 Å². The van der Waals surface area contributed by atoms with Crippen molar-refractivity contribution >= 4 is 33.5 Å². The largest absolute Gasteiger partial charge is 0.335 e. The highest BCUT2D eigenvalue weighted by Gasteiger charge is 2.21. The summed E-state index contributed by atoms with van der Waals surface area (Å²) >= 11 is 1.26. The van der Waals surface area contributed by atoms with Crippen LogP contribution in [0.25, 0.3) is 22.4 Å². The lowest BCUT2D eigenvalue weighted by Gasteiger charge is -2.07. The van der Waals surface area contributed by atoms with Gasteiger partial charge in [0.15, 0.2) is 0 Å². The third-order valence-electron chi connectivity index (χ3n) is 3.76. The van der Waals surface area contributed by atoms with Crippen LogP contribution < -0.4 is 5.32 Å². The summed E-state index contributed by atoms with van der Waals surface area (Å²) < 4.78 is 19.4. The molecule has 0 saturated heterocycles. The van der Waals surface area contributed by atoms with Crippen LogP contribution in [0.3, 0.4) is 0 Å². The lowest BCUT2D eigenvalue weighted by molar-refractivity contribution is 0.102. The van der Waals surface area contributed by atoms with E-state index in [0.717, 1.165) is 5.01 Å². The van der Waals surface area contributed by atoms with Crippen LogP contribution in [0.2, 0.25) is 0 Å². The number of nitrogens with one attached hydrogen (secondary N) is 1. The zero-order chi connectivity index (χ0) is 18.3. The molecule has 1 N–H and O–H groups in total. The number of benzene rings is 1. The number of pyridine rings is 1. The number of rotatable bonds is 3. The number of hydrogen-bond donors (Lipinski definition) is 1. The molecule has 3 aromatic heterocycles. The van der Waals surface area contributed by atoms with Crippen LogP contribution in [0.5, 0.6) is 0 Å². The second-order valence-electron chi connectivity index (χ2n) is 5.56. The molecule has 130 valence electrons. The normalized spacial score (nSPS) is 11.0. The van der Waals surface area contributed by atoms with E-state index in [4.69, 9.17) is 4.52 Å². The number of carbonyl (C=O) groups excluding carboxylic acids is 1. The van der Waals surface area contributed by atoms with E-state index in [2.05, 4.69) is 25.7 Å². The number of nitrogens with zero attached hydrogens (tertiary/aromatic N) is 4. The van der Waals surface area contributed by atoms with Crippen LogP contribution in [0, 0.1) is 19.7 Å². The standard InChI is InChI=1S/C17H12FN5O2S/c1-8-14-11(15(24)20-17-22-21-9(2)26-17)7-13(19-16(14)25-23-8)10-5-3-4-6-12(10)18/h3-7H,1-2H3,(H,20,22,24). The first-order valence-corrected chi connectivity index (χ1v) is 8.48. The summed E-state index contributed by atoms with van der Waals surface area (Å²) in [5.41, 5.74) is 1.52. The van der Waals surface area contributed by atoms with Gasteiger partial charge in [0.25, 0.3) is 11.6 Å². The summed E-state index contributed by atoms with van der Waals surface area (Å²) in [4.78, 5) is 17.1. The second kappa shape index (κ2) is 6.26. The maximum absolute atomic E-state index is 14.2. The molecule has 0 radical (unpaired) electrons. The third-order valence-corrected chi connectivity index (χ3v) is 4.51. The SMILES string of the molecule is Cc1nnc(NC(=O)c2cc(-c3ccccc3F)nc3onc(C)c23)s1. The Labute approximate surface area is 150 Å². The number of amides is 1.